The molecule has 0 aliphatic heterocycles. The van der Waals surface area contributed by atoms with E-state index in [2.05, 4.69) is 62.4 Å². The van der Waals surface area contributed by atoms with Gasteiger partial charge < -0.3 is 0 Å². The van der Waals surface area contributed by atoms with Crippen molar-refractivity contribution in [3.63, 3.8) is 0 Å². The minimum atomic E-state index is 0.485. The summed E-state index contributed by atoms with van der Waals surface area (Å²) in [5.41, 5.74) is 6.59. The lowest BCUT2D eigenvalue weighted by Gasteiger charge is -2.11. The van der Waals surface area contributed by atoms with E-state index < -0.39 is 0 Å². The Hall–Kier alpha value is -4.11. The SMILES string of the molecule is CC(C)c1cccc(-c2cccc(-c3nc(-c4ccccc4)nc(-c4ccccc4)n3)c2)c1. The number of hydrogen-bond donors (Lipinski definition) is 0. The molecule has 0 atom stereocenters. The summed E-state index contributed by atoms with van der Waals surface area (Å²) in [6.07, 6.45) is 0. The Morgan fingerprint density at radius 1 is 0.424 bits per heavy atom. The zero-order valence-electron chi connectivity index (χ0n) is 18.8. The van der Waals surface area contributed by atoms with Gasteiger partial charge in [0.25, 0.3) is 0 Å². The molecule has 1 heterocycles. The van der Waals surface area contributed by atoms with Crippen molar-refractivity contribution in [2.45, 2.75) is 19.8 Å². The highest BCUT2D eigenvalue weighted by molar-refractivity contribution is 5.72. The first-order chi connectivity index (χ1) is 16.2. The zero-order valence-corrected chi connectivity index (χ0v) is 18.8. The summed E-state index contributed by atoms with van der Waals surface area (Å²) in [5.74, 6) is 2.50. The van der Waals surface area contributed by atoms with Crippen molar-refractivity contribution in [2.24, 2.45) is 0 Å². The standard InChI is InChI=1S/C30H25N3/c1-21(2)24-15-9-16-25(19-24)26-17-10-18-27(20-26)30-32-28(22-11-5-3-6-12-22)31-29(33-30)23-13-7-4-8-14-23/h3-21H,1-2H3. The summed E-state index contributed by atoms with van der Waals surface area (Å²) in [5, 5.41) is 0. The summed E-state index contributed by atoms with van der Waals surface area (Å²) < 4.78 is 0. The molecule has 0 spiro atoms. The summed E-state index contributed by atoms with van der Waals surface area (Å²) >= 11 is 0. The van der Waals surface area contributed by atoms with Gasteiger partial charge in [0, 0.05) is 16.7 Å². The van der Waals surface area contributed by atoms with Crippen LogP contribution in [0.25, 0.3) is 45.3 Å². The maximum Gasteiger partial charge on any atom is 0.164 e. The fraction of sp³-hybridized carbons (Fsp3) is 0.100. The molecule has 0 unspecified atom stereocenters. The molecule has 33 heavy (non-hydrogen) atoms. The molecule has 0 saturated carbocycles. The number of hydrogen-bond acceptors (Lipinski definition) is 3. The maximum atomic E-state index is 4.86. The van der Waals surface area contributed by atoms with Crippen LogP contribution in [0.4, 0.5) is 0 Å². The van der Waals surface area contributed by atoms with Gasteiger partial charge in [0.15, 0.2) is 17.5 Å². The first kappa shape index (κ1) is 20.8. The summed E-state index contributed by atoms with van der Waals surface area (Å²) in [7, 11) is 0. The normalized spacial score (nSPS) is 11.0. The molecule has 3 heteroatoms. The molecule has 0 saturated heterocycles. The number of benzene rings is 4. The minimum absolute atomic E-state index is 0.485. The van der Waals surface area contributed by atoms with Gasteiger partial charge in [-0.25, -0.2) is 15.0 Å². The van der Waals surface area contributed by atoms with Crippen molar-refractivity contribution >= 4 is 0 Å². The first-order valence-electron chi connectivity index (χ1n) is 11.2. The monoisotopic (exact) mass is 427 g/mol. The average Bonchev–Trinajstić information content (AvgIpc) is 2.89. The van der Waals surface area contributed by atoms with E-state index >= 15 is 0 Å². The Bertz CT molecular complexity index is 1320. The van der Waals surface area contributed by atoms with Crippen LogP contribution >= 0.6 is 0 Å². The van der Waals surface area contributed by atoms with E-state index in [0.29, 0.717) is 23.4 Å². The molecule has 0 aliphatic carbocycles. The van der Waals surface area contributed by atoms with Crippen LogP contribution in [-0.4, -0.2) is 15.0 Å². The molecular weight excluding hydrogens is 402 g/mol. The molecule has 1 aromatic heterocycles. The number of nitrogens with zero attached hydrogens (tertiary/aromatic N) is 3. The van der Waals surface area contributed by atoms with Crippen LogP contribution < -0.4 is 0 Å². The Morgan fingerprint density at radius 3 is 1.39 bits per heavy atom. The van der Waals surface area contributed by atoms with Gasteiger partial charge in [-0.1, -0.05) is 117 Å². The van der Waals surface area contributed by atoms with E-state index in [9.17, 15) is 0 Å². The van der Waals surface area contributed by atoms with Gasteiger partial charge in [-0.3, -0.25) is 0 Å². The third-order valence-corrected chi connectivity index (χ3v) is 5.71. The second-order valence-corrected chi connectivity index (χ2v) is 8.40. The molecule has 3 nitrogen and oxygen atoms in total. The quantitative estimate of drug-likeness (QED) is 0.289. The van der Waals surface area contributed by atoms with Gasteiger partial charge in [0.1, 0.15) is 0 Å². The molecule has 160 valence electrons. The lowest BCUT2D eigenvalue weighted by atomic mass is 9.96. The predicted octanol–water partition coefficient (Wildman–Crippen LogP) is 7.66. The smallest absolute Gasteiger partial charge is 0.164 e. The van der Waals surface area contributed by atoms with Crippen molar-refractivity contribution in [3.8, 4) is 45.3 Å². The molecule has 0 bridgehead atoms. The Balaban J connectivity index is 1.63. The third kappa shape index (κ3) is 4.58. The summed E-state index contributed by atoms with van der Waals surface area (Å²) in [6.45, 7) is 4.44. The molecular formula is C30H25N3. The highest BCUT2D eigenvalue weighted by atomic mass is 15.0. The summed E-state index contributed by atoms with van der Waals surface area (Å²) in [4.78, 5) is 14.5. The van der Waals surface area contributed by atoms with Gasteiger partial charge in [-0.2, -0.15) is 0 Å². The van der Waals surface area contributed by atoms with E-state index in [-0.39, 0.29) is 0 Å². The van der Waals surface area contributed by atoms with Crippen molar-refractivity contribution in [3.05, 3.63) is 115 Å². The van der Waals surface area contributed by atoms with Crippen molar-refractivity contribution in [1.82, 2.24) is 15.0 Å². The van der Waals surface area contributed by atoms with Crippen molar-refractivity contribution in [1.29, 1.82) is 0 Å². The lowest BCUT2D eigenvalue weighted by molar-refractivity contribution is 0.867. The van der Waals surface area contributed by atoms with Crippen LogP contribution in [-0.2, 0) is 0 Å². The molecule has 4 aromatic carbocycles. The van der Waals surface area contributed by atoms with Crippen molar-refractivity contribution < 1.29 is 0 Å². The van der Waals surface area contributed by atoms with Crippen LogP contribution in [0.3, 0.4) is 0 Å². The van der Waals surface area contributed by atoms with Crippen LogP contribution in [0.15, 0.2) is 109 Å². The average molecular weight is 428 g/mol. The summed E-state index contributed by atoms with van der Waals surface area (Å²) in [6, 6.07) is 37.3. The third-order valence-electron chi connectivity index (χ3n) is 5.71. The fourth-order valence-electron chi connectivity index (χ4n) is 3.85. The topological polar surface area (TPSA) is 38.7 Å². The highest BCUT2D eigenvalue weighted by Gasteiger charge is 2.13. The van der Waals surface area contributed by atoms with Gasteiger partial charge >= 0.3 is 0 Å². The van der Waals surface area contributed by atoms with E-state index in [0.717, 1.165) is 22.3 Å². The van der Waals surface area contributed by atoms with E-state index in [1.165, 1.54) is 11.1 Å². The zero-order chi connectivity index (χ0) is 22.6. The fourth-order valence-corrected chi connectivity index (χ4v) is 3.85. The number of rotatable bonds is 5. The predicted molar refractivity (Wildman–Crippen MR) is 136 cm³/mol. The molecule has 5 rings (SSSR count). The maximum absolute atomic E-state index is 4.86. The van der Waals surface area contributed by atoms with Crippen LogP contribution in [0, 0.1) is 0 Å². The van der Waals surface area contributed by atoms with Crippen molar-refractivity contribution in [2.75, 3.05) is 0 Å². The van der Waals surface area contributed by atoms with Gasteiger partial charge in [-0.05, 0) is 28.7 Å². The lowest BCUT2D eigenvalue weighted by Crippen LogP contribution is -2.00. The molecule has 0 aliphatic rings. The highest BCUT2D eigenvalue weighted by Crippen LogP contribution is 2.29. The Kier molecular flexibility index (Phi) is 5.77. The molecule has 0 radical (unpaired) electrons. The molecule has 5 aromatic rings. The number of aromatic nitrogens is 3. The van der Waals surface area contributed by atoms with E-state index in [4.69, 9.17) is 15.0 Å². The van der Waals surface area contributed by atoms with Crippen LogP contribution in [0.2, 0.25) is 0 Å². The van der Waals surface area contributed by atoms with Crippen LogP contribution in [0.5, 0.6) is 0 Å². The van der Waals surface area contributed by atoms with Gasteiger partial charge in [0.05, 0.1) is 0 Å². The second-order valence-electron chi connectivity index (χ2n) is 8.40. The molecule has 0 N–H and O–H groups in total. The first-order valence-corrected chi connectivity index (χ1v) is 11.2. The Labute approximate surface area is 194 Å². The van der Waals surface area contributed by atoms with Crippen LogP contribution in [0.1, 0.15) is 25.3 Å². The van der Waals surface area contributed by atoms with E-state index in [1.807, 2.05) is 60.7 Å². The molecule has 0 fully saturated rings. The minimum Gasteiger partial charge on any atom is -0.208 e. The molecule has 0 amide bonds. The second kappa shape index (κ2) is 9.17. The van der Waals surface area contributed by atoms with Gasteiger partial charge in [-0.15, -0.1) is 0 Å². The largest absolute Gasteiger partial charge is 0.208 e. The van der Waals surface area contributed by atoms with Gasteiger partial charge in [0.2, 0.25) is 0 Å². The Morgan fingerprint density at radius 2 is 0.848 bits per heavy atom. The van der Waals surface area contributed by atoms with E-state index in [1.54, 1.807) is 0 Å².